The average molecular weight is 326 g/mol. The van der Waals surface area contributed by atoms with E-state index in [1.54, 1.807) is 36.4 Å². The summed E-state index contributed by atoms with van der Waals surface area (Å²) in [5.41, 5.74) is 0.809. The maximum atomic E-state index is 12.4. The number of rotatable bonds is 6. The van der Waals surface area contributed by atoms with Crippen molar-refractivity contribution in [2.45, 2.75) is 18.9 Å². The van der Waals surface area contributed by atoms with Crippen molar-refractivity contribution in [3.8, 4) is 5.75 Å². The molecule has 3 rings (SSSR count). The van der Waals surface area contributed by atoms with Crippen LogP contribution in [0.15, 0.2) is 47.1 Å². The highest BCUT2D eigenvalue weighted by Crippen LogP contribution is 2.25. The van der Waals surface area contributed by atoms with E-state index < -0.39 is 0 Å². The molecule has 0 saturated heterocycles. The molecular formula is C18H18N2O4. The van der Waals surface area contributed by atoms with Crippen molar-refractivity contribution < 1.29 is 18.7 Å². The quantitative estimate of drug-likeness (QED) is 0.800. The highest BCUT2D eigenvalue weighted by Gasteiger charge is 2.25. The van der Waals surface area contributed by atoms with Crippen LogP contribution >= 0.6 is 0 Å². The van der Waals surface area contributed by atoms with E-state index in [0.29, 0.717) is 22.8 Å². The van der Waals surface area contributed by atoms with E-state index in [2.05, 4.69) is 10.6 Å². The molecule has 2 aromatic rings. The van der Waals surface area contributed by atoms with E-state index in [-0.39, 0.29) is 17.9 Å². The predicted octanol–water partition coefficient (Wildman–Crippen LogP) is 2.83. The second-order valence-electron chi connectivity index (χ2n) is 5.50. The molecule has 0 atom stereocenters. The van der Waals surface area contributed by atoms with Crippen LogP contribution in [0.3, 0.4) is 0 Å². The summed E-state index contributed by atoms with van der Waals surface area (Å²) in [4.78, 5) is 24.4. The van der Waals surface area contributed by atoms with Gasteiger partial charge in [0.1, 0.15) is 11.5 Å². The maximum absolute atomic E-state index is 12.4. The van der Waals surface area contributed by atoms with Crippen molar-refractivity contribution in [2.75, 3.05) is 12.4 Å². The van der Waals surface area contributed by atoms with E-state index in [1.807, 2.05) is 0 Å². The number of nitrogens with one attached hydrogen (secondary N) is 2. The van der Waals surface area contributed by atoms with Crippen LogP contribution < -0.4 is 15.4 Å². The van der Waals surface area contributed by atoms with Crippen LogP contribution in [0.4, 0.5) is 5.69 Å². The van der Waals surface area contributed by atoms with Crippen molar-refractivity contribution in [1.29, 1.82) is 0 Å². The van der Waals surface area contributed by atoms with Crippen LogP contribution in [0.1, 0.15) is 29.0 Å². The molecule has 24 heavy (non-hydrogen) atoms. The second-order valence-corrected chi connectivity index (χ2v) is 5.50. The normalized spacial score (nSPS) is 13.7. The number of carbonyl (C=O) groups excluding carboxylic acids is 2. The summed E-state index contributed by atoms with van der Waals surface area (Å²) in [6, 6.07) is 8.67. The number of carbonyl (C=O) groups is 2. The Morgan fingerprint density at radius 1 is 1.29 bits per heavy atom. The summed E-state index contributed by atoms with van der Waals surface area (Å²) in [6.45, 7) is 0. The molecule has 6 heteroatoms. The molecule has 1 heterocycles. The number of methoxy groups -OCH3 is 1. The van der Waals surface area contributed by atoms with Crippen LogP contribution in [0, 0.1) is 0 Å². The third-order valence-corrected chi connectivity index (χ3v) is 3.58. The molecule has 6 nitrogen and oxygen atoms in total. The van der Waals surface area contributed by atoms with Crippen LogP contribution in [0.2, 0.25) is 0 Å². The first-order chi connectivity index (χ1) is 11.7. The Balaban J connectivity index is 1.75. The van der Waals surface area contributed by atoms with E-state index in [4.69, 9.17) is 9.15 Å². The van der Waals surface area contributed by atoms with E-state index in [1.165, 1.54) is 19.4 Å². The van der Waals surface area contributed by atoms with Gasteiger partial charge in [0.15, 0.2) is 0 Å². The summed E-state index contributed by atoms with van der Waals surface area (Å²) in [7, 11) is 1.53. The van der Waals surface area contributed by atoms with Gasteiger partial charge >= 0.3 is 0 Å². The van der Waals surface area contributed by atoms with Gasteiger partial charge in [-0.05, 0) is 49.2 Å². The molecule has 1 saturated carbocycles. The van der Waals surface area contributed by atoms with Gasteiger partial charge in [0.05, 0.1) is 24.6 Å². The third-order valence-electron chi connectivity index (χ3n) is 3.58. The van der Waals surface area contributed by atoms with Gasteiger partial charge in [-0.2, -0.15) is 0 Å². The predicted molar refractivity (Wildman–Crippen MR) is 89.9 cm³/mol. The van der Waals surface area contributed by atoms with Crippen molar-refractivity contribution in [2.24, 2.45) is 0 Å². The smallest absolute Gasteiger partial charge is 0.253 e. The number of hydrogen-bond donors (Lipinski definition) is 2. The molecule has 1 fully saturated rings. The summed E-state index contributed by atoms with van der Waals surface area (Å²) in [5, 5.41) is 5.63. The summed E-state index contributed by atoms with van der Waals surface area (Å²) >= 11 is 0. The van der Waals surface area contributed by atoms with E-state index in [0.717, 1.165) is 12.8 Å². The SMILES string of the molecule is COc1ccc(NC(=O)C=Cc2ccco2)c(C(=O)NC2CC2)c1. The fraction of sp³-hybridized carbons (Fsp3) is 0.222. The lowest BCUT2D eigenvalue weighted by atomic mass is 10.1. The minimum Gasteiger partial charge on any atom is -0.497 e. The molecule has 1 aromatic carbocycles. The molecule has 1 aliphatic carbocycles. The molecule has 0 radical (unpaired) electrons. The Kier molecular flexibility index (Phi) is 4.65. The molecule has 0 spiro atoms. The first kappa shape index (κ1) is 15.9. The lowest BCUT2D eigenvalue weighted by Crippen LogP contribution is -2.26. The number of furan rings is 1. The molecule has 124 valence electrons. The monoisotopic (exact) mass is 326 g/mol. The van der Waals surface area contributed by atoms with E-state index in [9.17, 15) is 9.59 Å². The summed E-state index contributed by atoms with van der Waals surface area (Å²) in [5.74, 6) is 0.561. The fourth-order valence-corrected chi connectivity index (χ4v) is 2.16. The Labute approximate surface area is 139 Å². The van der Waals surface area contributed by atoms with Gasteiger partial charge in [-0.1, -0.05) is 0 Å². The zero-order valence-electron chi connectivity index (χ0n) is 13.2. The number of hydrogen-bond acceptors (Lipinski definition) is 4. The molecule has 0 aliphatic heterocycles. The Morgan fingerprint density at radius 2 is 2.12 bits per heavy atom. The van der Waals surface area contributed by atoms with Gasteiger partial charge in [0.2, 0.25) is 5.91 Å². The van der Waals surface area contributed by atoms with Gasteiger partial charge < -0.3 is 19.8 Å². The van der Waals surface area contributed by atoms with E-state index >= 15 is 0 Å². The molecule has 2 amide bonds. The maximum Gasteiger partial charge on any atom is 0.253 e. The molecular weight excluding hydrogens is 308 g/mol. The minimum absolute atomic E-state index is 0.221. The highest BCUT2D eigenvalue weighted by atomic mass is 16.5. The number of anilines is 1. The number of ether oxygens (including phenoxy) is 1. The topological polar surface area (TPSA) is 80.6 Å². The van der Waals surface area contributed by atoms with Crippen molar-refractivity contribution in [3.63, 3.8) is 0 Å². The van der Waals surface area contributed by atoms with Gasteiger partial charge in [0.25, 0.3) is 5.91 Å². The Morgan fingerprint density at radius 3 is 2.79 bits per heavy atom. The second kappa shape index (κ2) is 7.04. The van der Waals surface area contributed by atoms with Crippen molar-refractivity contribution in [3.05, 3.63) is 54.0 Å². The summed E-state index contributed by atoms with van der Waals surface area (Å²) in [6.07, 6.45) is 6.42. The first-order valence-corrected chi connectivity index (χ1v) is 7.67. The van der Waals surface area contributed by atoms with Crippen molar-refractivity contribution >= 4 is 23.6 Å². The first-order valence-electron chi connectivity index (χ1n) is 7.67. The zero-order chi connectivity index (χ0) is 16.9. The molecule has 2 N–H and O–H groups in total. The molecule has 0 unspecified atom stereocenters. The number of amides is 2. The minimum atomic E-state index is -0.350. The van der Waals surface area contributed by atoms with Crippen LogP contribution in [-0.2, 0) is 4.79 Å². The Hall–Kier alpha value is -3.02. The molecule has 1 aromatic heterocycles. The van der Waals surface area contributed by atoms with Crippen molar-refractivity contribution in [1.82, 2.24) is 5.32 Å². The lowest BCUT2D eigenvalue weighted by Gasteiger charge is -2.12. The largest absolute Gasteiger partial charge is 0.497 e. The number of benzene rings is 1. The third kappa shape index (κ3) is 4.04. The zero-order valence-corrected chi connectivity index (χ0v) is 13.2. The average Bonchev–Trinajstić information content (AvgIpc) is 3.24. The van der Waals surface area contributed by atoms with Gasteiger partial charge in [-0.3, -0.25) is 9.59 Å². The fourth-order valence-electron chi connectivity index (χ4n) is 2.16. The van der Waals surface area contributed by atoms with Gasteiger partial charge in [-0.25, -0.2) is 0 Å². The lowest BCUT2D eigenvalue weighted by molar-refractivity contribution is -0.111. The molecule has 1 aliphatic rings. The van der Waals surface area contributed by atoms with Crippen LogP contribution in [0.5, 0.6) is 5.75 Å². The Bertz CT molecular complexity index is 761. The highest BCUT2D eigenvalue weighted by molar-refractivity contribution is 6.07. The standard InChI is InChI=1S/C18H18N2O4/c1-23-14-6-8-16(15(11-14)18(22)19-12-4-5-12)20-17(21)9-7-13-3-2-10-24-13/h2-3,6-12H,4-5H2,1H3,(H,19,22)(H,20,21). The summed E-state index contributed by atoms with van der Waals surface area (Å²) < 4.78 is 10.3. The van der Waals surface area contributed by atoms with Gasteiger partial charge in [0, 0.05) is 12.1 Å². The van der Waals surface area contributed by atoms with Gasteiger partial charge in [-0.15, -0.1) is 0 Å². The van der Waals surface area contributed by atoms with Crippen LogP contribution in [-0.4, -0.2) is 25.0 Å². The molecule has 0 bridgehead atoms. The van der Waals surface area contributed by atoms with Crippen LogP contribution in [0.25, 0.3) is 6.08 Å².